The summed E-state index contributed by atoms with van der Waals surface area (Å²) in [5.41, 5.74) is 0.879. The molecule has 5 rings (SSSR count). The summed E-state index contributed by atoms with van der Waals surface area (Å²) in [6.07, 6.45) is 5.65. The first kappa shape index (κ1) is 16.4. The molecule has 1 aromatic carbocycles. The molecule has 4 fully saturated rings. The minimum Gasteiger partial charge on any atom is -0.480 e. The monoisotopic (exact) mass is 343 g/mol. The van der Waals surface area contributed by atoms with E-state index in [4.69, 9.17) is 4.74 Å². The van der Waals surface area contributed by atoms with Crippen LogP contribution in [0.15, 0.2) is 30.3 Å². The Morgan fingerprint density at radius 3 is 2.20 bits per heavy atom. The Kier molecular flexibility index (Phi) is 4.40. The Bertz CT molecular complexity index is 616. The normalized spacial score (nSPS) is 33.7. The van der Waals surface area contributed by atoms with Crippen molar-refractivity contribution in [1.82, 2.24) is 5.32 Å². The van der Waals surface area contributed by atoms with Crippen molar-refractivity contribution < 1.29 is 19.4 Å². The van der Waals surface area contributed by atoms with E-state index >= 15 is 0 Å². The average molecular weight is 343 g/mol. The van der Waals surface area contributed by atoms with E-state index in [1.54, 1.807) is 0 Å². The van der Waals surface area contributed by atoms with Crippen LogP contribution in [0.1, 0.15) is 37.7 Å². The van der Waals surface area contributed by atoms with Gasteiger partial charge in [-0.25, -0.2) is 9.59 Å². The Morgan fingerprint density at radius 2 is 1.64 bits per heavy atom. The number of benzene rings is 1. The van der Waals surface area contributed by atoms with Crippen molar-refractivity contribution in [3.8, 4) is 0 Å². The van der Waals surface area contributed by atoms with Crippen LogP contribution >= 0.6 is 0 Å². The Balaban J connectivity index is 1.36. The molecular formula is C20H25NO4. The fraction of sp³-hybridized carbons (Fsp3) is 0.600. The minimum absolute atomic E-state index is 0.0287. The van der Waals surface area contributed by atoms with Crippen LogP contribution in [0.25, 0.3) is 0 Å². The van der Waals surface area contributed by atoms with Crippen LogP contribution < -0.4 is 5.32 Å². The van der Waals surface area contributed by atoms with Crippen LogP contribution in [0.3, 0.4) is 0 Å². The maximum Gasteiger partial charge on any atom is 0.408 e. The summed E-state index contributed by atoms with van der Waals surface area (Å²) in [6.45, 7) is 0. The number of nitrogens with one attached hydrogen (secondary N) is 1. The van der Waals surface area contributed by atoms with Crippen molar-refractivity contribution >= 4 is 12.1 Å². The van der Waals surface area contributed by atoms with Crippen molar-refractivity contribution in [2.45, 2.75) is 50.7 Å². The van der Waals surface area contributed by atoms with Crippen molar-refractivity contribution in [3.05, 3.63) is 35.9 Å². The maximum atomic E-state index is 12.3. The summed E-state index contributed by atoms with van der Waals surface area (Å²) >= 11 is 0. The molecule has 0 radical (unpaired) electrons. The lowest BCUT2D eigenvalue weighted by Crippen LogP contribution is -2.52. The number of aliphatic carboxylic acids is 1. The molecule has 2 N–H and O–H groups in total. The number of hydrogen-bond acceptors (Lipinski definition) is 3. The van der Waals surface area contributed by atoms with Gasteiger partial charge in [0, 0.05) is 6.42 Å². The predicted molar refractivity (Wildman–Crippen MR) is 92.0 cm³/mol. The molecule has 0 unspecified atom stereocenters. The zero-order chi connectivity index (χ0) is 17.4. The van der Waals surface area contributed by atoms with Gasteiger partial charge in [0.05, 0.1) is 0 Å². The van der Waals surface area contributed by atoms with E-state index in [-0.39, 0.29) is 12.5 Å². The van der Waals surface area contributed by atoms with E-state index in [1.165, 1.54) is 6.42 Å². The van der Waals surface area contributed by atoms with E-state index in [0.717, 1.165) is 43.1 Å². The summed E-state index contributed by atoms with van der Waals surface area (Å²) < 4.78 is 5.73. The number of alkyl carbamates (subject to hydrolysis) is 1. The highest BCUT2D eigenvalue weighted by molar-refractivity contribution is 5.80. The van der Waals surface area contributed by atoms with Crippen LogP contribution in [0.5, 0.6) is 0 Å². The SMILES string of the molecule is O=C(N[C@H](Cc1ccccc1)C(=O)O)OC1C2CC3CC(C2)CC1C3. The van der Waals surface area contributed by atoms with E-state index in [0.29, 0.717) is 11.8 Å². The Hall–Kier alpha value is -2.04. The van der Waals surface area contributed by atoms with E-state index in [1.807, 2.05) is 30.3 Å². The molecule has 1 amide bonds. The number of ether oxygens (including phenoxy) is 1. The predicted octanol–water partition coefficient (Wildman–Crippen LogP) is 3.23. The van der Waals surface area contributed by atoms with Gasteiger partial charge in [0.1, 0.15) is 12.1 Å². The van der Waals surface area contributed by atoms with Gasteiger partial charge in [-0.05, 0) is 61.3 Å². The van der Waals surface area contributed by atoms with Gasteiger partial charge < -0.3 is 15.2 Å². The summed E-state index contributed by atoms with van der Waals surface area (Å²) in [6, 6.07) is 8.36. The molecule has 4 saturated carbocycles. The van der Waals surface area contributed by atoms with Crippen molar-refractivity contribution in [1.29, 1.82) is 0 Å². The van der Waals surface area contributed by atoms with Crippen molar-refractivity contribution in [2.24, 2.45) is 23.7 Å². The molecule has 0 spiro atoms. The topological polar surface area (TPSA) is 75.6 Å². The number of carbonyl (C=O) groups is 2. The molecule has 4 aliphatic carbocycles. The maximum absolute atomic E-state index is 12.3. The third-order valence-corrected chi connectivity index (χ3v) is 6.26. The van der Waals surface area contributed by atoms with Crippen LogP contribution in [0.2, 0.25) is 0 Å². The van der Waals surface area contributed by atoms with E-state index < -0.39 is 18.1 Å². The van der Waals surface area contributed by atoms with Gasteiger partial charge >= 0.3 is 12.1 Å². The van der Waals surface area contributed by atoms with Crippen molar-refractivity contribution in [2.75, 3.05) is 0 Å². The average Bonchev–Trinajstić information content (AvgIpc) is 2.58. The number of carbonyl (C=O) groups excluding carboxylic acids is 1. The highest BCUT2D eigenvalue weighted by Gasteiger charge is 2.50. The van der Waals surface area contributed by atoms with Gasteiger partial charge in [-0.3, -0.25) is 0 Å². The van der Waals surface area contributed by atoms with E-state index in [2.05, 4.69) is 5.32 Å². The molecular weight excluding hydrogens is 318 g/mol. The second kappa shape index (κ2) is 6.70. The molecule has 5 heteroatoms. The molecule has 134 valence electrons. The molecule has 4 bridgehead atoms. The summed E-state index contributed by atoms with van der Waals surface area (Å²) in [7, 11) is 0. The molecule has 4 aliphatic rings. The first-order valence-electron chi connectivity index (χ1n) is 9.32. The molecule has 5 nitrogen and oxygen atoms in total. The van der Waals surface area contributed by atoms with E-state index in [9.17, 15) is 14.7 Å². The highest BCUT2D eigenvalue weighted by atomic mass is 16.6. The molecule has 25 heavy (non-hydrogen) atoms. The van der Waals surface area contributed by atoms with Crippen LogP contribution in [0.4, 0.5) is 4.79 Å². The molecule has 0 aliphatic heterocycles. The smallest absolute Gasteiger partial charge is 0.408 e. The lowest BCUT2D eigenvalue weighted by atomic mass is 9.55. The number of carboxylic acids is 1. The second-order valence-electron chi connectivity index (χ2n) is 8.03. The summed E-state index contributed by atoms with van der Waals surface area (Å²) in [5.74, 6) is 1.54. The van der Waals surface area contributed by atoms with Gasteiger partial charge in [-0.1, -0.05) is 30.3 Å². The second-order valence-corrected chi connectivity index (χ2v) is 8.03. The van der Waals surface area contributed by atoms with Gasteiger partial charge in [-0.2, -0.15) is 0 Å². The number of carboxylic acid groups (broad SMARTS) is 1. The van der Waals surface area contributed by atoms with Gasteiger partial charge in [0.2, 0.25) is 0 Å². The lowest BCUT2D eigenvalue weighted by Gasteiger charge is -2.53. The third-order valence-electron chi connectivity index (χ3n) is 6.26. The fourth-order valence-electron chi connectivity index (χ4n) is 5.42. The number of hydrogen-bond donors (Lipinski definition) is 2. The molecule has 0 aromatic heterocycles. The van der Waals surface area contributed by atoms with Gasteiger partial charge in [-0.15, -0.1) is 0 Å². The zero-order valence-corrected chi connectivity index (χ0v) is 14.3. The first-order chi connectivity index (χ1) is 12.1. The first-order valence-corrected chi connectivity index (χ1v) is 9.32. The van der Waals surface area contributed by atoms with Crippen LogP contribution in [-0.4, -0.2) is 29.3 Å². The quantitative estimate of drug-likeness (QED) is 0.861. The number of amides is 1. The lowest BCUT2D eigenvalue weighted by molar-refractivity contribution is -0.139. The van der Waals surface area contributed by atoms with Crippen molar-refractivity contribution in [3.63, 3.8) is 0 Å². The third kappa shape index (κ3) is 3.51. The molecule has 0 saturated heterocycles. The fourth-order valence-corrected chi connectivity index (χ4v) is 5.42. The summed E-state index contributed by atoms with van der Waals surface area (Å²) in [4.78, 5) is 23.8. The largest absolute Gasteiger partial charge is 0.480 e. The molecule has 0 heterocycles. The molecule has 1 atom stereocenters. The van der Waals surface area contributed by atoms with Crippen LogP contribution in [-0.2, 0) is 16.0 Å². The summed E-state index contributed by atoms with van der Waals surface area (Å²) in [5, 5.41) is 12.0. The van der Waals surface area contributed by atoms with Gasteiger partial charge in [0.25, 0.3) is 0 Å². The Morgan fingerprint density at radius 1 is 1.04 bits per heavy atom. The standard InChI is InChI=1S/C20H25NO4/c22-19(23)17(11-12-4-2-1-3-5-12)21-20(24)25-18-15-7-13-6-14(9-15)10-16(18)8-13/h1-5,13-18H,6-11H2,(H,21,24)(H,22,23)/t13?,14?,15?,16?,17-,18?/m1/s1. The number of rotatable bonds is 5. The zero-order valence-electron chi connectivity index (χ0n) is 14.3. The minimum atomic E-state index is -1.04. The highest BCUT2D eigenvalue weighted by Crippen LogP contribution is 2.54. The van der Waals surface area contributed by atoms with Crippen LogP contribution in [0, 0.1) is 23.7 Å². The van der Waals surface area contributed by atoms with Gasteiger partial charge in [0.15, 0.2) is 0 Å². The molecule has 1 aromatic rings. The Labute approximate surface area is 147 Å².